The first-order chi connectivity index (χ1) is 14.7. The van der Waals surface area contributed by atoms with Gasteiger partial charge in [0.1, 0.15) is 0 Å². The molecule has 3 atom stereocenters. The number of rotatable bonds is 3. The number of fused-ring (bicyclic) bond motifs is 4. The van der Waals surface area contributed by atoms with Gasteiger partial charge >= 0.3 is 6.03 Å². The van der Waals surface area contributed by atoms with Crippen molar-refractivity contribution in [2.75, 3.05) is 19.6 Å². The lowest BCUT2D eigenvalue weighted by atomic mass is 9.76. The van der Waals surface area contributed by atoms with Crippen LogP contribution >= 0.6 is 0 Å². The zero-order valence-electron chi connectivity index (χ0n) is 17.3. The van der Waals surface area contributed by atoms with Crippen molar-refractivity contribution < 1.29 is 9.59 Å². The van der Waals surface area contributed by atoms with Gasteiger partial charge in [-0.2, -0.15) is 0 Å². The van der Waals surface area contributed by atoms with E-state index in [-0.39, 0.29) is 29.9 Å². The number of piperidine rings is 2. The average Bonchev–Trinajstić information content (AvgIpc) is 2.79. The molecule has 2 fully saturated rings. The van der Waals surface area contributed by atoms with E-state index in [1.807, 2.05) is 23.1 Å². The van der Waals surface area contributed by atoms with Gasteiger partial charge in [0.05, 0.1) is 12.0 Å². The summed E-state index contributed by atoms with van der Waals surface area (Å²) in [6.45, 7) is 2.15. The van der Waals surface area contributed by atoms with Gasteiger partial charge in [-0.1, -0.05) is 54.6 Å². The highest BCUT2D eigenvalue weighted by Crippen LogP contribution is 2.43. The minimum absolute atomic E-state index is 0.00428. The Morgan fingerprint density at radius 3 is 2.70 bits per heavy atom. The van der Waals surface area contributed by atoms with Crippen LogP contribution in [0.1, 0.15) is 42.0 Å². The number of carbonyl (C=O) groups is 2. The maximum atomic E-state index is 13.3. The van der Waals surface area contributed by atoms with E-state index in [4.69, 9.17) is 0 Å². The van der Waals surface area contributed by atoms with E-state index in [0.717, 1.165) is 45.2 Å². The quantitative estimate of drug-likeness (QED) is 0.852. The molecule has 0 bridgehead atoms. The van der Waals surface area contributed by atoms with Gasteiger partial charge in [0.15, 0.2) is 0 Å². The Kier molecular flexibility index (Phi) is 5.19. The number of nitrogens with zero attached hydrogens (tertiary/aromatic N) is 2. The average molecular weight is 404 g/mol. The van der Waals surface area contributed by atoms with Crippen molar-refractivity contribution in [2.45, 2.75) is 44.2 Å². The number of hydrogen-bond acceptors (Lipinski definition) is 2. The standard InChI is InChI=1S/C25H29N3O2/c29-24-21-11-6-15-28(25(30)26-14-12-18-7-2-1-3-8-18)23(21)17-22-20-10-5-4-9-19(20)13-16-27(22)24/h1-5,7-10,21-23H,6,11-17H2,(H,26,30)/t21-,22-,23-/m1/s1. The molecule has 3 amide bonds. The summed E-state index contributed by atoms with van der Waals surface area (Å²) in [5.41, 5.74) is 3.84. The summed E-state index contributed by atoms with van der Waals surface area (Å²) in [5.74, 6) is 0.188. The molecule has 3 heterocycles. The van der Waals surface area contributed by atoms with E-state index in [2.05, 4.69) is 46.6 Å². The summed E-state index contributed by atoms with van der Waals surface area (Å²) < 4.78 is 0. The summed E-state index contributed by atoms with van der Waals surface area (Å²) in [5, 5.41) is 3.10. The Labute approximate surface area is 178 Å². The van der Waals surface area contributed by atoms with Gasteiger partial charge in [-0.25, -0.2) is 4.79 Å². The number of amides is 3. The molecule has 3 aliphatic rings. The van der Waals surface area contributed by atoms with Gasteiger partial charge in [-0.3, -0.25) is 4.79 Å². The number of benzene rings is 2. The predicted molar refractivity (Wildman–Crippen MR) is 116 cm³/mol. The van der Waals surface area contributed by atoms with E-state index >= 15 is 0 Å². The lowest BCUT2D eigenvalue weighted by Gasteiger charge is -2.51. The molecule has 0 radical (unpaired) electrons. The lowest BCUT2D eigenvalue weighted by molar-refractivity contribution is -0.148. The largest absolute Gasteiger partial charge is 0.338 e. The molecule has 2 aromatic rings. The second-order valence-electron chi connectivity index (χ2n) is 8.71. The van der Waals surface area contributed by atoms with Crippen LogP contribution in [0.15, 0.2) is 54.6 Å². The van der Waals surface area contributed by atoms with E-state index in [1.54, 1.807) is 0 Å². The SMILES string of the molecule is O=C1[C@@H]2CCCN(C(=O)NCCc3ccccc3)[C@@H]2C[C@@H]2c3ccccc3CCN12. The molecule has 0 spiro atoms. The first-order valence-corrected chi connectivity index (χ1v) is 11.2. The van der Waals surface area contributed by atoms with Gasteiger partial charge < -0.3 is 15.1 Å². The topological polar surface area (TPSA) is 52.7 Å². The molecule has 0 unspecified atom stereocenters. The van der Waals surface area contributed by atoms with Gasteiger partial charge in [-0.05, 0) is 48.8 Å². The Bertz CT molecular complexity index is 929. The molecule has 3 aliphatic heterocycles. The first-order valence-electron chi connectivity index (χ1n) is 11.2. The number of likely N-dealkylation sites (tertiary alicyclic amines) is 1. The minimum Gasteiger partial charge on any atom is -0.338 e. The minimum atomic E-state index is -0.0554. The molecule has 2 aromatic carbocycles. The summed E-state index contributed by atoms with van der Waals surface area (Å²) >= 11 is 0. The number of carbonyl (C=O) groups excluding carboxylic acids is 2. The van der Waals surface area contributed by atoms with Crippen molar-refractivity contribution in [3.63, 3.8) is 0 Å². The Morgan fingerprint density at radius 2 is 1.83 bits per heavy atom. The smallest absolute Gasteiger partial charge is 0.317 e. The van der Waals surface area contributed by atoms with Gasteiger partial charge in [0, 0.05) is 25.7 Å². The molecular weight excluding hydrogens is 374 g/mol. The van der Waals surface area contributed by atoms with Crippen LogP contribution in [0.2, 0.25) is 0 Å². The van der Waals surface area contributed by atoms with E-state index in [9.17, 15) is 9.59 Å². The van der Waals surface area contributed by atoms with Crippen molar-refractivity contribution >= 4 is 11.9 Å². The molecule has 5 nitrogen and oxygen atoms in total. The van der Waals surface area contributed by atoms with Crippen LogP contribution in [0.4, 0.5) is 4.79 Å². The molecule has 0 saturated carbocycles. The summed E-state index contributed by atoms with van der Waals surface area (Å²) in [4.78, 5) is 30.4. The van der Waals surface area contributed by atoms with Crippen LogP contribution in [0.5, 0.6) is 0 Å². The molecule has 1 N–H and O–H groups in total. The molecule has 5 heteroatoms. The van der Waals surface area contributed by atoms with E-state index in [0.29, 0.717) is 6.54 Å². The van der Waals surface area contributed by atoms with Crippen LogP contribution in [0, 0.1) is 5.92 Å². The van der Waals surface area contributed by atoms with Crippen LogP contribution in [-0.4, -0.2) is 47.4 Å². The first kappa shape index (κ1) is 19.2. The van der Waals surface area contributed by atoms with E-state index in [1.165, 1.54) is 16.7 Å². The predicted octanol–water partition coefficient (Wildman–Crippen LogP) is 3.55. The summed E-state index contributed by atoms with van der Waals surface area (Å²) in [6.07, 6.45) is 4.38. The molecule has 156 valence electrons. The van der Waals surface area contributed by atoms with Crippen molar-refractivity contribution in [3.8, 4) is 0 Å². The van der Waals surface area contributed by atoms with Gasteiger partial charge in [0.2, 0.25) is 5.91 Å². The van der Waals surface area contributed by atoms with Gasteiger partial charge in [0.25, 0.3) is 0 Å². The third-order valence-electron chi connectivity index (χ3n) is 7.05. The normalized spacial score (nSPS) is 25.2. The molecule has 0 aromatic heterocycles. The molecule has 5 rings (SSSR count). The van der Waals surface area contributed by atoms with Crippen LogP contribution < -0.4 is 5.32 Å². The monoisotopic (exact) mass is 403 g/mol. The summed E-state index contributed by atoms with van der Waals surface area (Å²) in [7, 11) is 0. The zero-order chi connectivity index (χ0) is 20.5. The lowest BCUT2D eigenvalue weighted by Crippen LogP contribution is -2.61. The van der Waals surface area contributed by atoms with Crippen LogP contribution in [-0.2, 0) is 17.6 Å². The number of hydrogen-bond donors (Lipinski definition) is 1. The fourth-order valence-corrected chi connectivity index (χ4v) is 5.56. The second-order valence-corrected chi connectivity index (χ2v) is 8.71. The van der Waals surface area contributed by atoms with Crippen molar-refractivity contribution in [1.29, 1.82) is 0 Å². The van der Waals surface area contributed by atoms with Crippen LogP contribution in [0.3, 0.4) is 0 Å². The Balaban J connectivity index is 1.31. The van der Waals surface area contributed by atoms with E-state index < -0.39 is 0 Å². The maximum absolute atomic E-state index is 13.3. The Hall–Kier alpha value is -2.82. The third-order valence-corrected chi connectivity index (χ3v) is 7.05. The summed E-state index contributed by atoms with van der Waals surface area (Å²) in [6, 6.07) is 18.8. The van der Waals surface area contributed by atoms with Crippen molar-refractivity contribution in [2.24, 2.45) is 5.92 Å². The van der Waals surface area contributed by atoms with Gasteiger partial charge in [-0.15, -0.1) is 0 Å². The van der Waals surface area contributed by atoms with Crippen molar-refractivity contribution in [1.82, 2.24) is 15.1 Å². The fraction of sp³-hybridized carbons (Fsp3) is 0.440. The molecular formula is C25H29N3O2. The molecule has 2 saturated heterocycles. The maximum Gasteiger partial charge on any atom is 0.317 e. The molecule has 0 aliphatic carbocycles. The fourth-order valence-electron chi connectivity index (χ4n) is 5.56. The number of nitrogens with one attached hydrogen (secondary N) is 1. The zero-order valence-corrected chi connectivity index (χ0v) is 17.3. The van der Waals surface area contributed by atoms with Crippen molar-refractivity contribution in [3.05, 3.63) is 71.3 Å². The Morgan fingerprint density at radius 1 is 1.03 bits per heavy atom. The van der Waals surface area contributed by atoms with Crippen LogP contribution in [0.25, 0.3) is 0 Å². The highest BCUT2D eigenvalue weighted by Gasteiger charge is 2.48. The number of urea groups is 1. The molecule has 30 heavy (non-hydrogen) atoms. The third kappa shape index (κ3) is 3.47. The highest BCUT2D eigenvalue weighted by atomic mass is 16.2. The second kappa shape index (κ2) is 8.13. The highest BCUT2D eigenvalue weighted by molar-refractivity contribution is 5.83.